The third kappa shape index (κ3) is 2.94. The minimum absolute atomic E-state index is 0.00219. The van der Waals surface area contributed by atoms with Crippen LogP contribution in [-0.4, -0.2) is 16.1 Å². The molecule has 5 nitrogen and oxygen atoms in total. The quantitative estimate of drug-likeness (QED) is 0.777. The number of carbonyl (C=O) groups is 1. The number of hydrogen-bond donors (Lipinski definition) is 2. The number of nitrogens with one attached hydrogen (secondary N) is 2. The fourth-order valence-electron chi connectivity index (χ4n) is 2.21. The molecule has 0 atom stereocenters. The maximum absolute atomic E-state index is 13.1. The minimum atomic E-state index is -1.09. The average molecular weight is 315 g/mol. The highest BCUT2D eigenvalue weighted by Gasteiger charge is 2.11. The first kappa shape index (κ1) is 14.8. The van der Waals surface area contributed by atoms with E-state index in [0.717, 1.165) is 12.1 Å². The van der Waals surface area contributed by atoms with E-state index in [1.54, 1.807) is 24.3 Å². The van der Waals surface area contributed by atoms with Crippen molar-refractivity contribution in [2.24, 2.45) is 0 Å². The Morgan fingerprint density at radius 3 is 2.57 bits per heavy atom. The third-order valence-corrected chi connectivity index (χ3v) is 3.37. The summed E-state index contributed by atoms with van der Waals surface area (Å²) >= 11 is 0. The molecule has 23 heavy (non-hydrogen) atoms. The molecule has 3 rings (SSSR count). The molecule has 0 spiro atoms. The maximum atomic E-state index is 13.1. The van der Waals surface area contributed by atoms with Crippen LogP contribution in [0.5, 0.6) is 0 Å². The molecule has 0 fully saturated rings. The van der Waals surface area contributed by atoms with E-state index in [1.165, 1.54) is 6.07 Å². The van der Waals surface area contributed by atoms with E-state index in [9.17, 15) is 18.4 Å². The Morgan fingerprint density at radius 2 is 1.83 bits per heavy atom. The van der Waals surface area contributed by atoms with Crippen molar-refractivity contribution in [1.29, 1.82) is 0 Å². The van der Waals surface area contributed by atoms with E-state index < -0.39 is 17.5 Å². The van der Waals surface area contributed by atoms with Gasteiger partial charge in [0.15, 0.2) is 11.6 Å². The molecule has 2 aromatic carbocycles. The summed E-state index contributed by atoms with van der Waals surface area (Å²) in [4.78, 5) is 23.7. The zero-order valence-electron chi connectivity index (χ0n) is 11.8. The zero-order chi connectivity index (χ0) is 16.4. The molecule has 0 aliphatic heterocycles. The summed E-state index contributed by atoms with van der Waals surface area (Å²) in [5, 5.41) is 9.91. The number of aromatic amines is 1. The molecule has 116 valence electrons. The van der Waals surface area contributed by atoms with Gasteiger partial charge in [0.2, 0.25) is 0 Å². The van der Waals surface area contributed by atoms with Gasteiger partial charge < -0.3 is 5.32 Å². The van der Waals surface area contributed by atoms with Crippen LogP contribution in [0.15, 0.2) is 47.3 Å². The lowest BCUT2D eigenvalue weighted by molar-refractivity contribution is 0.0950. The average Bonchev–Trinajstić information content (AvgIpc) is 2.57. The van der Waals surface area contributed by atoms with E-state index in [1.807, 2.05) is 0 Å². The molecule has 1 aromatic heterocycles. The number of rotatable bonds is 3. The smallest absolute Gasteiger partial charge is 0.272 e. The van der Waals surface area contributed by atoms with Gasteiger partial charge >= 0.3 is 0 Å². The first-order valence-electron chi connectivity index (χ1n) is 6.76. The number of H-pyrrole nitrogens is 1. The lowest BCUT2D eigenvalue weighted by Crippen LogP contribution is -2.24. The van der Waals surface area contributed by atoms with E-state index in [4.69, 9.17) is 0 Å². The molecule has 0 unspecified atom stereocenters. The summed E-state index contributed by atoms with van der Waals surface area (Å²) in [5.41, 5.74) is 0.144. The first-order chi connectivity index (χ1) is 11.1. The highest BCUT2D eigenvalue weighted by atomic mass is 19.2. The van der Waals surface area contributed by atoms with Crippen LogP contribution in [0.2, 0.25) is 0 Å². The van der Waals surface area contributed by atoms with Crippen LogP contribution in [0, 0.1) is 11.6 Å². The van der Waals surface area contributed by atoms with E-state index in [0.29, 0.717) is 16.5 Å². The number of fused-ring (bicyclic) bond motifs is 1. The fourth-order valence-corrected chi connectivity index (χ4v) is 2.21. The van der Waals surface area contributed by atoms with Gasteiger partial charge in [0, 0.05) is 10.9 Å². The third-order valence-electron chi connectivity index (χ3n) is 3.37. The topological polar surface area (TPSA) is 74.8 Å². The lowest BCUT2D eigenvalue weighted by atomic mass is 10.1. The van der Waals surface area contributed by atoms with Crippen molar-refractivity contribution in [2.75, 3.05) is 0 Å². The van der Waals surface area contributed by atoms with Crippen molar-refractivity contribution >= 4 is 16.7 Å². The molecule has 1 heterocycles. The molecule has 0 saturated heterocycles. The molecule has 0 aliphatic rings. The van der Waals surface area contributed by atoms with Crippen molar-refractivity contribution in [3.8, 4) is 0 Å². The molecular weight excluding hydrogens is 304 g/mol. The maximum Gasteiger partial charge on any atom is 0.272 e. The van der Waals surface area contributed by atoms with E-state index in [2.05, 4.69) is 15.5 Å². The SMILES string of the molecule is O=C(NCc1n[nH]c(=O)c2ccccc12)c1ccc(F)c(F)c1. The molecular formula is C16H11F2N3O2. The number of carbonyl (C=O) groups excluding carboxylic acids is 1. The largest absolute Gasteiger partial charge is 0.346 e. The zero-order valence-corrected chi connectivity index (χ0v) is 11.8. The normalized spacial score (nSPS) is 10.7. The van der Waals surface area contributed by atoms with Crippen molar-refractivity contribution in [3.63, 3.8) is 0 Å². The van der Waals surface area contributed by atoms with Crippen LogP contribution in [0.25, 0.3) is 10.8 Å². The summed E-state index contributed by atoms with van der Waals surface area (Å²) in [7, 11) is 0. The molecule has 1 amide bonds. The van der Waals surface area contributed by atoms with Gasteiger partial charge in [-0.25, -0.2) is 13.9 Å². The van der Waals surface area contributed by atoms with Crippen molar-refractivity contribution in [1.82, 2.24) is 15.5 Å². The second-order valence-electron chi connectivity index (χ2n) is 4.86. The Labute approximate surface area is 129 Å². The van der Waals surface area contributed by atoms with Crippen LogP contribution < -0.4 is 10.9 Å². The van der Waals surface area contributed by atoms with Crippen LogP contribution >= 0.6 is 0 Å². The van der Waals surface area contributed by atoms with Gasteiger partial charge in [0.1, 0.15) is 0 Å². The standard InChI is InChI=1S/C16H11F2N3O2/c17-12-6-5-9(7-13(12)18)15(22)19-8-14-10-3-1-2-4-11(10)16(23)21-20-14/h1-7H,8H2,(H,19,22)(H,21,23). The molecule has 0 aliphatic carbocycles. The molecule has 0 bridgehead atoms. The summed E-state index contributed by atoms with van der Waals surface area (Å²) in [5.74, 6) is -2.68. The monoisotopic (exact) mass is 315 g/mol. The van der Waals surface area contributed by atoms with Gasteiger partial charge in [0.05, 0.1) is 17.6 Å². The van der Waals surface area contributed by atoms with Crippen molar-refractivity contribution < 1.29 is 13.6 Å². The Bertz CT molecular complexity index is 953. The van der Waals surface area contributed by atoms with E-state index in [-0.39, 0.29) is 17.7 Å². The number of nitrogens with zero attached hydrogens (tertiary/aromatic N) is 1. The van der Waals surface area contributed by atoms with E-state index >= 15 is 0 Å². The van der Waals surface area contributed by atoms with Gasteiger partial charge in [-0.05, 0) is 24.3 Å². The van der Waals surface area contributed by atoms with Crippen molar-refractivity contribution in [3.05, 3.63) is 75.7 Å². The van der Waals surface area contributed by atoms with Gasteiger partial charge in [0.25, 0.3) is 11.5 Å². The number of hydrogen-bond acceptors (Lipinski definition) is 3. The lowest BCUT2D eigenvalue weighted by Gasteiger charge is -2.07. The summed E-state index contributed by atoms with van der Waals surface area (Å²) in [6.45, 7) is 0.0368. The van der Waals surface area contributed by atoms with Gasteiger partial charge in [-0.2, -0.15) is 5.10 Å². The molecule has 7 heteroatoms. The predicted molar refractivity (Wildman–Crippen MR) is 79.9 cm³/mol. The summed E-state index contributed by atoms with van der Waals surface area (Å²) in [6.07, 6.45) is 0. The number of amides is 1. The van der Waals surface area contributed by atoms with Crippen molar-refractivity contribution in [2.45, 2.75) is 6.54 Å². The minimum Gasteiger partial charge on any atom is -0.346 e. The highest BCUT2D eigenvalue weighted by molar-refractivity contribution is 5.94. The van der Waals surface area contributed by atoms with Crippen LogP contribution in [0.1, 0.15) is 16.1 Å². The van der Waals surface area contributed by atoms with Crippen LogP contribution in [0.4, 0.5) is 8.78 Å². The molecule has 0 radical (unpaired) electrons. The number of benzene rings is 2. The summed E-state index contributed by atoms with van der Waals surface area (Å²) in [6, 6.07) is 9.74. The van der Waals surface area contributed by atoms with Gasteiger partial charge in [-0.1, -0.05) is 18.2 Å². The Morgan fingerprint density at radius 1 is 1.09 bits per heavy atom. The highest BCUT2D eigenvalue weighted by Crippen LogP contribution is 2.13. The molecule has 3 aromatic rings. The van der Waals surface area contributed by atoms with Crippen LogP contribution in [-0.2, 0) is 6.54 Å². The Hall–Kier alpha value is -3.09. The second-order valence-corrected chi connectivity index (χ2v) is 4.86. The van der Waals surface area contributed by atoms with Gasteiger partial charge in [-0.3, -0.25) is 9.59 Å². The summed E-state index contributed by atoms with van der Waals surface area (Å²) < 4.78 is 26.0. The molecule has 2 N–H and O–H groups in total. The second kappa shape index (κ2) is 5.96. The van der Waals surface area contributed by atoms with Crippen LogP contribution in [0.3, 0.4) is 0 Å². The number of halogens is 2. The Balaban J connectivity index is 1.83. The fraction of sp³-hybridized carbons (Fsp3) is 0.0625. The first-order valence-corrected chi connectivity index (χ1v) is 6.76. The van der Waals surface area contributed by atoms with Gasteiger partial charge in [-0.15, -0.1) is 0 Å². The number of aromatic nitrogens is 2. The molecule has 0 saturated carbocycles. The Kier molecular flexibility index (Phi) is 3.84. The predicted octanol–water partition coefficient (Wildman–Crippen LogP) is 2.13.